The van der Waals surface area contributed by atoms with Gasteiger partial charge in [0, 0.05) is 18.7 Å². The zero-order valence-corrected chi connectivity index (χ0v) is 15.3. The second-order valence-corrected chi connectivity index (χ2v) is 7.43. The summed E-state index contributed by atoms with van der Waals surface area (Å²) in [6, 6.07) is 6.24. The van der Waals surface area contributed by atoms with Crippen molar-refractivity contribution in [2.24, 2.45) is 11.7 Å². The van der Waals surface area contributed by atoms with Crippen LogP contribution < -0.4 is 5.73 Å². The molecule has 2 amide bonds. The molecule has 2 aliphatic rings. The molecule has 146 valence electrons. The van der Waals surface area contributed by atoms with E-state index < -0.39 is 29.7 Å². The van der Waals surface area contributed by atoms with Gasteiger partial charge in [-0.3, -0.25) is 14.4 Å². The van der Waals surface area contributed by atoms with Crippen molar-refractivity contribution < 1.29 is 23.5 Å². The lowest BCUT2D eigenvalue weighted by Crippen LogP contribution is -2.46. The summed E-state index contributed by atoms with van der Waals surface area (Å²) >= 11 is 0. The number of halogens is 1. The van der Waals surface area contributed by atoms with Gasteiger partial charge in [-0.05, 0) is 31.7 Å². The predicted molar refractivity (Wildman–Crippen MR) is 96.0 cm³/mol. The van der Waals surface area contributed by atoms with E-state index in [4.69, 9.17) is 10.5 Å². The van der Waals surface area contributed by atoms with Crippen LogP contribution in [0.2, 0.25) is 0 Å². The number of rotatable bonds is 5. The number of ether oxygens (including phenoxy) is 1. The molecule has 1 aliphatic heterocycles. The number of benzene rings is 1. The second-order valence-electron chi connectivity index (χ2n) is 7.43. The number of esters is 1. The van der Waals surface area contributed by atoms with Crippen LogP contribution >= 0.6 is 0 Å². The standard InChI is InChI=1S/C20H25FN2O4/c21-16-8-2-1-7-15(16)20(9-3-4-10-20)19(26)27-13-17(24)23-11-5-6-14(12-23)18(22)25/h1-2,7-8,14H,3-6,9-13H2,(H2,22,25)/t14-/m1/s1. The number of primary amides is 1. The molecule has 1 atom stereocenters. The number of carbonyl (C=O) groups is 3. The highest BCUT2D eigenvalue weighted by atomic mass is 19.1. The Hall–Kier alpha value is -2.44. The van der Waals surface area contributed by atoms with Gasteiger partial charge in [0.15, 0.2) is 6.61 Å². The van der Waals surface area contributed by atoms with Gasteiger partial charge in [-0.25, -0.2) is 4.39 Å². The number of piperidine rings is 1. The fourth-order valence-electron chi connectivity index (χ4n) is 4.20. The molecule has 7 heteroatoms. The minimum absolute atomic E-state index is 0.254. The summed E-state index contributed by atoms with van der Waals surface area (Å²) in [5.74, 6) is -2.12. The zero-order valence-electron chi connectivity index (χ0n) is 15.3. The third-order valence-electron chi connectivity index (χ3n) is 5.74. The van der Waals surface area contributed by atoms with Crippen LogP contribution in [-0.4, -0.2) is 42.4 Å². The van der Waals surface area contributed by atoms with Crippen LogP contribution in [-0.2, 0) is 24.5 Å². The van der Waals surface area contributed by atoms with Gasteiger partial charge in [0.25, 0.3) is 5.91 Å². The largest absolute Gasteiger partial charge is 0.455 e. The molecule has 3 rings (SSSR count). The highest BCUT2D eigenvalue weighted by Gasteiger charge is 2.46. The van der Waals surface area contributed by atoms with E-state index in [1.165, 1.54) is 11.0 Å². The number of carbonyl (C=O) groups excluding carboxylic acids is 3. The van der Waals surface area contributed by atoms with Gasteiger partial charge in [-0.1, -0.05) is 31.0 Å². The van der Waals surface area contributed by atoms with Crippen molar-refractivity contribution in [3.63, 3.8) is 0 Å². The summed E-state index contributed by atoms with van der Waals surface area (Å²) in [6.45, 7) is 0.364. The quantitative estimate of drug-likeness (QED) is 0.795. The van der Waals surface area contributed by atoms with E-state index in [9.17, 15) is 18.8 Å². The van der Waals surface area contributed by atoms with Crippen LogP contribution in [0.5, 0.6) is 0 Å². The maximum absolute atomic E-state index is 14.3. The van der Waals surface area contributed by atoms with E-state index >= 15 is 0 Å². The monoisotopic (exact) mass is 376 g/mol. The molecule has 27 heavy (non-hydrogen) atoms. The molecule has 1 aromatic rings. The van der Waals surface area contributed by atoms with E-state index in [-0.39, 0.29) is 18.4 Å². The summed E-state index contributed by atoms with van der Waals surface area (Å²) in [5.41, 5.74) is 4.65. The highest BCUT2D eigenvalue weighted by molar-refractivity contribution is 5.87. The first-order valence-corrected chi connectivity index (χ1v) is 9.43. The fraction of sp³-hybridized carbons (Fsp3) is 0.550. The van der Waals surface area contributed by atoms with Gasteiger partial charge < -0.3 is 15.4 Å². The molecule has 1 aromatic carbocycles. The molecule has 0 aromatic heterocycles. The van der Waals surface area contributed by atoms with Crippen LogP contribution in [0.4, 0.5) is 4.39 Å². The van der Waals surface area contributed by atoms with E-state index in [2.05, 4.69) is 0 Å². The van der Waals surface area contributed by atoms with Crippen LogP contribution in [0.3, 0.4) is 0 Å². The highest BCUT2D eigenvalue weighted by Crippen LogP contribution is 2.43. The van der Waals surface area contributed by atoms with Crippen molar-refractivity contribution in [1.29, 1.82) is 0 Å². The first-order chi connectivity index (χ1) is 12.9. The van der Waals surface area contributed by atoms with E-state index in [0.717, 1.165) is 12.8 Å². The zero-order chi connectivity index (χ0) is 19.4. The Bertz CT molecular complexity index is 730. The molecule has 2 fully saturated rings. The van der Waals surface area contributed by atoms with Gasteiger partial charge >= 0.3 is 5.97 Å². The molecular weight excluding hydrogens is 351 g/mol. The number of hydrogen-bond acceptors (Lipinski definition) is 4. The minimum Gasteiger partial charge on any atom is -0.455 e. The molecule has 6 nitrogen and oxygen atoms in total. The van der Waals surface area contributed by atoms with Crippen LogP contribution in [0.25, 0.3) is 0 Å². The van der Waals surface area contributed by atoms with Crippen molar-refractivity contribution >= 4 is 17.8 Å². The summed E-state index contributed by atoms with van der Waals surface area (Å²) in [4.78, 5) is 38.1. The average molecular weight is 376 g/mol. The van der Waals surface area contributed by atoms with Crippen molar-refractivity contribution in [2.75, 3.05) is 19.7 Å². The maximum Gasteiger partial charge on any atom is 0.317 e. The van der Waals surface area contributed by atoms with Crippen LogP contribution in [0, 0.1) is 11.7 Å². The molecular formula is C20H25FN2O4. The second kappa shape index (κ2) is 8.06. The van der Waals surface area contributed by atoms with Crippen molar-refractivity contribution in [1.82, 2.24) is 4.90 Å². The van der Waals surface area contributed by atoms with Crippen LogP contribution in [0.1, 0.15) is 44.1 Å². The van der Waals surface area contributed by atoms with E-state index in [1.54, 1.807) is 18.2 Å². The van der Waals surface area contributed by atoms with Gasteiger partial charge in [0.05, 0.1) is 11.3 Å². The Morgan fingerprint density at radius 1 is 1.19 bits per heavy atom. The summed E-state index contributed by atoms with van der Waals surface area (Å²) < 4.78 is 19.7. The smallest absolute Gasteiger partial charge is 0.317 e. The summed E-state index contributed by atoms with van der Waals surface area (Å²) in [6.07, 6.45) is 3.98. The van der Waals surface area contributed by atoms with Crippen molar-refractivity contribution in [3.8, 4) is 0 Å². The number of nitrogens with two attached hydrogens (primary N) is 1. The van der Waals surface area contributed by atoms with Crippen molar-refractivity contribution in [3.05, 3.63) is 35.6 Å². The van der Waals surface area contributed by atoms with E-state index in [1.807, 2.05) is 0 Å². The summed E-state index contributed by atoms with van der Waals surface area (Å²) in [5, 5.41) is 0. The Morgan fingerprint density at radius 2 is 1.89 bits per heavy atom. The molecule has 1 aliphatic carbocycles. The SMILES string of the molecule is NC(=O)[C@@H]1CCCN(C(=O)COC(=O)C2(c3ccccc3F)CCCC2)C1. The maximum atomic E-state index is 14.3. The summed E-state index contributed by atoms with van der Waals surface area (Å²) in [7, 11) is 0. The average Bonchev–Trinajstić information content (AvgIpc) is 3.17. The Kier molecular flexibility index (Phi) is 5.77. The molecule has 1 saturated heterocycles. The van der Waals surface area contributed by atoms with Gasteiger partial charge in [-0.15, -0.1) is 0 Å². The first kappa shape index (κ1) is 19.3. The lowest BCUT2D eigenvalue weighted by atomic mass is 9.78. The Morgan fingerprint density at radius 3 is 2.56 bits per heavy atom. The van der Waals surface area contributed by atoms with E-state index in [0.29, 0.717) is 37.8 Å². The number of hydrogen-bond donors (Lipinski definition) is 1. The predicted octanol–water partition coefficient (Wildman–Crippen LogP) is 1.90. The lowest BCUT2D eigenvalue weighted by molar-refractivity contribution is -0.158. The van der Waals surface area contributed by atoms with Crippen molar-refractivity contribution in [2.45, 2.75) is 43.9 Å². The minimum atomic E-state index is -1.02. The molecule has 0 spiro atoms. The molecule has 0 bridgehead atoms. The number of likely N-dealkylation sites (tertiary alicyclic amines) is 1. The third-order valence-corrected chi connectivity index (χ3v) is 5.74. The first-order valence-electron chi connectivity index (χ1n) is 9.43. The normalized spacial score (nSPS) is 21.7. The van der Waals surface area contributed by atoms with Gasteiger partial charge in [-0.2, -0.15) is 0 Å². The molecule has 1 heterocycles. The van der Waals surface area contributed by atoms with Gasteiger partial charge in [0.1, 0.15) is 5.82 Å². The number of nitrogens with zero attached hydrogens (tertiary/aromatic N) is 1. The molecule has 1 saturated carbocycles. The molecule has 2 N–H and O–H groups in total. The fourth-order valence-corrected chi connectivity index (χ4v) is 4.20. The Labute approximate surface area is 157 Å². The molecule has 0 unspecified atom stereocenters. The topological polar surface area (TPSA) is 89.7 Å². The molecule has 0 radical (unpaired) electrons. The van der Waals surface area contributed by atoms with Gasteiger partial charge in [0.2, 0.25) is 5.91 Å². The Balaban J connectivity index is 1.66. The lowest BCUT2D eigenvalue weighted by Gasteiger charge is -2.32. The van der Waals surface area contributed by atoms with Crippen LogP contribution in [0.15, 0.2) is 24.3 Å². The third kappa shape index (κ3) is 3.96. The number of amides is 2.